The molecule has 0 aromatic carbocycles. The largest absolute Gasteiger partial charge is 0.487 e. The number of hydrogen-bond donors (Lipinski definition) is 0. The van der Waals surface area contributed by atoms with E-state index in [9.17, 15) is 0 Å². The zero-order valence-corrected chi connectivity index (χ0v) is 11.3. The summed E-state index contributed by atoms with van der Waals surface area (Å²) in [6.45, 7) is 0.339. The van der Waals surface area contributed by atoms with E-state index in [1.54, 1.807) is 36.8 Å². The fraction of sp³-hybridized carbons (Fsp3) is 0.133. The van der Waals surface area contributed by atoms with E-state index in [1.807, 2.05) is 6.07 Å². The molecule has 2 aromatic rings. The van der Waals surface area contributed by atoms with E-state index < -0.39 is 0 Å². The molecule has 0 aliphatic rings. The lowest BCUT2D eigenvalue weighted by molar-refractivity contribution is 0.304. The molecule has 98 valence electrons. The van der Waals surface area contributed by atoms with Crippen molar-refractivity contribution >= 4 is 11.6 Å². The number of alkyl halides is 1. The van der Waals surface area contributed by atoms with Gasteiger partial charge in [0.05, 0.1) is 12.1 Å². The van der Waals surface area contributed by atoms with Crippen molar-refractivity contribution in [3.05, 3.63) is 53.6 Å². The Hall–Kier alpha value is -2.56. The van der Waals surface area contributed by atoms with Gasteiger partial charge in [-0.05, 0) is 23.8 Å². The molecule has 0 unspecified atom stereocenters. The maximum atomic E-state index is 8.78. The first-order valence-corrected chi connectivity index (χ1v) is 6.33. The molecule has 0 N–H and O–H groups in total. The Morgan fingerprint density at radius 1 is 1.30 bits per heavy atom. The smallest absolute Gasteiger partial charge is 0.140 e. The minimum atomic E-state index is 0.277. The van der Waals surface area contributed by atoms with Gasteiger partial charge in [0.1, 0.15) is 24.1 Å². The molecule has 0 saturated carbocycles. The summed E-state index contributed by atoms with van der Waals surface area (Å²) in [5, 5.41) is 8.78. The standard InChI is InChI=1S/C15H10ClN3O/c16-4-1-2-12-7-15(10-18-9-12)20-11-13-3-5-19-14(6-13)8-17/h3,5-7,9-10H,4,11H2. The minimum Gasteiger partial charge on any atom is -0.487 e. The van der Waals surface area contributed by atoms with Gasteiger partial charge in [0.15, 0.2) is 0 Å². The normalized spacial score (nSPS) is 9.20. The number of ether oxygens (including phenoxy) is 1. The topological polar surface area (TPSA) is 58.8 Å². The lowest BCUT2D eigenvalue weighted by atomic mass is 10.2. The first-order chi connectivity index (χ1) is 9.81. The first-order valence-electron chi connectivity index (χ1n) is 5.79. The Labute approximate surface area is 122 Å². The van der Waals surface area contributed by atoms with Crippen LogP contribution in [0.25, 0.3) is 0 Å². The monoisotopic (exact) mass is 283 g/mol. The maximum Gasteiger partial charge on any atom is 0.140 e. The predicted octanol–water partition coefficient (Wildman–Crippen LogP) is 2.52. The Balaban J connectivity index is 2.05. The number of hydrogen-bond acceptors (Lipinski definition) is 4. The second-order valence-electron chi connectivity index (χ2n) is 3.79. The van der Waals surface area contributed by atoms with Crippen molar-refractivity contribution in [2.24, 2.45) is 0 Å². The van der Waals surface area contributed by atoms with Crippen molar-refractivity contribution in [3.63, 3.8) is 0 Å². The third-order valence-electron chi connectivity index (χ3n) is 2.36. The van der Waals surface area contributed by atoms with Gasteiger partial charge >= 0.3 is 0 Å². The van der Waals surface area contributed by atoms with Gasteiger partial charge in [-0.2, -0.15) is 5.26 Å². The van der Waals surface area contributed by atoms with Gasteiger partial charge in [-0.25, -0.2) is 4.98 Å². The molecule has 0 radical (unpaired) electrons. The van der Waals surface area contributed by atoms with Gasteiger partial charge in [-0.15, -0.1) is 11.6 Å². The second-order valence-corrected chi connectivity index (χ2v) is 4.06. The zero-order valence-electron chi connectivity index (χ0n) is 10.5. The lowest BCUT2D eigenvalue weighted by Crippen LogP contribution is -1.97. The molecule has 2 aromatic heterocycles. The Morgan fingerprint density at radius 2 is 2.20 bits per heavy atom. The van der Waals surface area contributed by atoms with Crippen LogP contribution in [0.1, 0.15) is 16.8 Å². The summed E-state index contributed by atoms with van der Waals surface area (Å²) in [7, 11) is 0. The van der Waals surface area contributed by atoms with Crippen LogP contribution in [0.15, 0.2) is 36.8 Å². The quantitative estimate of drug-likeness (QED) is 0.641. The highest BCUT2D eigenvalue weighted by Crippen LogP contribution is 2.13. The van der Waals surface area contributed by atoms with Crippen LogP contribution < -0.4 is 4.74 Å². The van der Waals surface area contributed by atoms with Crippen LogP contribution in [0.2, 0.25) is 0 Å². The van der Waals surface area contributed by atoms with Gasteiger partial charge in [0.2, 0.25) is 0 Å². The minimum absolute atomic E-state index is 0.277. The Bertz CT molecular complexity index is 698. The van der Waals surface area contributed by atoms with Gasteiger partial charge in [0.25, 0.3) is 0 Å². The van der Waals surface area contributed by atoms with Gasteiger partial charge in [-0.3, -0.25) is 4.98 Å². The third kappa shape index (κ3) is 3.98. The summed E-state index contributed by atoms with van der Waals surface area (Å²) in [5.74, 6) is 6.52. The maximum absolute atomic E-state index is 8.78. The van der Waals surface area contributed by atoms with E-state index in [4.69, 9.17) is 21.6 Å². The molecule has 4 nitrogen and oxygen atoms in total. The molecule has 2 heterocycles. The number of nitrogens with zero attached hydrogens (tertiary/aromatic N) is 3. The first kappa shape index (κ1) is 13.9. The number of rotatable bonds is 3. The fourth-order valence-corrected chi connectivity index (χ4v) is 1.56. The van der Waals surface area contributed by atoms with E-state index in [2.05, 4.69) is 21.8 Å². The van der Waals surface area contributed by atoms with Crippen LogP contribution in [0.3, 0.4) is 0 Å². The molecular weight excluding hydrogens is 274 g/mol. The molecule has 0 fully saturated rings. The van der Waals surface area contributed by atoms with Crippen LogP contribution in [0, 0.1) is 23.2 Å². The molecule has 0 bridgehead atoms. The average Bonchev–Trinajstić information content (AvgIpc) is 2.51. The lowest BCUT2D eigenvalue weighted by Gasteiger charge is -2.06. The summed E-state index contributed by atoms with van der Waals surface area (Å²) < 4.78 is 5.61. The average molecular weight is 284 g/mol. The molecule has 0 saturated heterocycles. The van der Waals surface area contributed by atoms with Crippen molar-refractivity contribution in [2.75, 3.05) is 5.88 Å². The summed E-state index contributed by atoms with van der Waals surface area (Å²) in [6.07, 6.45) is 4.84. The zero-order chi connectivity index (χ0) is 14.2. The van der Waals surface area contributed by atoms with Crippen LogP contribution in [0.4, 0.5) is 0 Å². The van der Waals surface area contributed by atoms with E-state index in [0.29, 0.717) is 18.1 Å². The predicted molar refractivity (Wildman–Crippen MR) is 75.1 cm³/mol. The van der Waals surface area contributed by atoms with Crippen molar-refractivity contribution < 1.29 is 4.74 Å². The highest BCUT2D eigenvalue weighted by molar-refractivity contribution is 6.19. The van der Waals surface area contributed by atoms with Gasteiger partial charge in [-0.1, -0.05) is 11.8 Å². The second kappa shape index (κ2) is 7.13. The Morgan fingerprint density at radius 3 is 3.00 bits per heavy atom. The van der Waals surface area contributed by atoms with Crippen molar-refractivity contribution in [1.82, 2.24) is 9.97 Å². The summed E-state index contributed by atoms with van der Waals surface area (Å²) >= 11 is 5.50. The van der Waals surface area contributed by atoms with Crippen molar-refractivity contribution in [1.29, 1.82) is 5.26 Å². The summed E-state index contributed by atoms with van der Waals surface area (Å²) in [6, 6.07) is 7.26. The Kier molecular flexibility index (Phi) is 4.94. The van der Waals surface area contributed by atoms with E-state index in [1.165, 1.54) is 0 Å². The SMILES string of the molecule is N#Cc1cc(COc2cncc(C#CCCl)c2)ccn1. The third-order valence-corrected chi connectivity index (χ3v) is 2.49. The van der Waals surface area contributed by atoms with Crippen LogP contribution in [-0.2, 0) is 6.61 Å². The number of nitriles is 1. The number of aromatic nitrogens is 2. The molecule has 2 rings (SSSR count). The molecule has 20 heavy (non-hydrogen) atoms. The van der Waals surface area contributed by atoms with E-state index in [-0.39, 0.29) is 5.88 Å². The van der Waals surface area contributed by atoms with Gasteiger partial charge < -0.3 is 4.74 Å². The highest BCUT2D eigenvalue weighted by atomic mass is 35.5. The van der Waals surface area contributed by atoms with Gasteiger partial charge in [0, 0.05) is 18.0 Å². The number of pyridine rings is 2. The fourth-order valence-electron chi connectivity index (χ4n) is 1.49. The molecule has 0 atom stereocenters. The van der Waals surface area contributed by atoms with Crippen LogP contribution in [0.5, 0.6) is 5.75 Å². The molecular formula is C15H10ClN3O. The van der Waals surface area contributed by atoms with E-state index >= 15 is 0 Å². The van der Waals surface area contributed by atoms with Crippen LogP contribution in [-0.4, -0.2) is 15.8 Å². The number of halogens is 1. The van der Waals surface area contributed by atoms with Crippen molar-refractivity contribution in [2.45, 2.75) is 6.61 Å². The summed E-state index contributed by atoms with van der Waals surface area (Å²) in [4.78, 5) is 7.95. The highest BCUT2D eigenvalue weighted by Gasteiger charge is 1.99. The summed E-state index contributed by atoms with van der Waals surface area (Å²) in [5.41, 5.74) is 1.98. The molecule has 5 heteroatoms. The molecule has 0 spiro atoms. The van der Waals surface area contributed by atoms with E-state index in [0.717, 1.165) is 11.1 Å². The van der Waals surface area contributed by atoms with Crippen LogP contribution >= 0.6 is 11.6 Å². The molecule has 0 aliphatic carbocycles. The van der Waals surface area contributed by atoms with Crippen molar-refractivity contribution in [3.8, 4) is 23.7 Å². The molecule has 0 amide bonds. The molecule has 0 aliphatic heterocycles.